The van der Waals surface area contributed by atoms with Gasteiger partial charge in [-0.1, -0.05) is 6.07 Å². The molecule has 0 atom stereocenters. The molecule has 0 aliphatic carbocycles. The van der Waals surface area contributed by atoms with Gasteiger partial charge in [-0.15, -0.1) is 0 Å². The van der Waals surface area contributed by atoms with E-state index in [4.69, 9.17) is 0 Å². The van der Waals surface area contributed by atoms with Crippen LogP contribution in [-0.4, -0.2) is 42.1 Å². The number of halogens is 2. The Bertz CT molecular complexity index is 1490. The first kappa shape index (κ1) is 21.7. The maximum atomic E-state index is 14.7. The highest BCUT2D eigenvalue weighted by molar-refractivity contribution is 6.02. The summed E-state index contributed by atoms with van der Waals surface area (Å²) in [4.78, 5) is 21.9. The number of benzene rings is 2. The largest absolute Gasteiger partial charge is 0.367 e. The molecule has 0 bridgehead atoms. The summed E-state index contributed by atoms with van der Waals surface area (Å²) in [5, 5.41) is 7.11. The number of nitrogens with one attached hydrogen (secondary N) is 3. The number of anilines is 1. The standard InChI is InChI=1S/C27H25F2N5O/c1-27(2)21-10-15(3-4-18(21)26(35)33-27)20-14-32-25-19(20)9-17(13-31-25)16-11-22(28)24(29)23(12-16)34-7-5-30-6-8-34/h3-4,9-14,30H,5-8H2,1-2H3,(H,31,32)(H,33,35). The highest BCUT2D eigenvalue weighted by atomic mass is 19.2. The van der Waals surface area contributed by atoms with Crippen molar-refractivity contribution >= 4 is 22.6 Å². The Morgan fingerprint density at radius 3 is 2.57 bits per heavy atom. The van der Waals surface area contributed by atoms with Crippen molar-refractivity contribution in [3.05, 3.63) is 71.6 Å². The third-order valence-electron chi connectivity index (χ3n) is 7.01. The van der Waals surface area contributed by atoms with E-state index < -0.39 is 17.2 Å². The van der Waals surface area contributed by atoms with Crippen molar-refractivity contribution in [2.75, 3.05) is 31.1 Å². The maximum absolute atomic E-state index is 14.7. The first-order valence-corrected chi connectivity index (χ1v) is 11.7. The number of fused-ring (bicyclic) bond motifs is 2. The van der Waals surface area contributed by atoms with Crippen molar-refractivity contribution in [1.82, 2.24) is 20.6 Å². The van der Waals surface area contributed by atoms with Crippen LogP contribution in [0.15, 0.2) is 48.8 Å². The Hall–Kier alpha value is -3.78. The molecule has 6 nitrogen and oxygen atoms in total. The highest BCUT2D eigenvalue weighted by Gasteiger charge is 2.35. The van der Waals surface area contributed by atoms with Crippen LogP contribution in [0.3, 0.4) is 0 Å². The molecule has 0 unspecified atom stereocenters. The molecule has 2 aliphatic rings. The lowest BCUT2D eigenvalue weighted by atomic mass is 9.91. The number of carbonyl (C=O) groups is 1. The zero-order valence-corrected chi connectivity index (χ0v) is 19.5. The summed E-state index contributed by atoms with van der Waals surface area (Å²) in [7, 11) is 0. The van der Waals surface area contributed by atoms with Gasteiger partial charge in [-0.2, -0.15) is 0 Å². The molecular formula is C27H25F2N5O. The van der Waals surface area contributed by atoms with Gasteiger partial charge in [0.1, 0.15) is 5.65 Å². The van der Waals surface area contributed by atoms with Gasteiger partial charge in [-0.25, -0.2) is 13.8 Å². The molecule has 2 aromatic heterocycles. The lowest BCUT2D eigenvalue weighted by Crippen LogP contribution is -2.44. The van der Waals surface area contributed by atoms with Crippen molar-refractivity contribution in [3.8, 4) is 22.3 Å². The number of carbonyl (C=O) groups excluding carboxylic acids is 1. The van der Waals surface area contributed by atoms with Gasteiger partial charge in [-0.3, -0.25) is 4.79 Å². The topological polar surface area (TPSA) is 73.0 Å². The summed E-state index contributed by atoms with van der Waals surface area (Å²) in [5.74, 6) is -1.77. The number of hydrogen-bond donors (Lipinski definition) is 3. The molecule has 1 saturated heterocycles. The monoisotopic (exact) mass is 473 g/mol. The molecule has 4 aromatic rings. The van der Waals surface area contributed by atoms with Gasteiger partial charge in [0.05, 0.1) is 11.2 Å². The lowest BCUT2D eigenvalue weighted by molar-refractivity contribution is 0.0940. The van der Waals surface area contributed by atoms with Crippen LogP contribution in [0.4, 0.5) is 14.5 Å². The van der Waals surface area contributed by atoms with E-state index in [0.29, 0.717) is 35.4 Å². The third kappa shape index (κ3) is 3.56. The fraction of sp³-hybridized carbons (Fsp3) is 0.259. The number of rotatable bonds is 3. The van der Waals surface area contributed by atoms with Crippen LogP contribution < -0.4 is 15.5 Å². The van der Waals surface area contributed by atoms with Gasteiger partial charge in [0.15, 0.2) is 11.6 Å². The second-order valence-electron chi connectivity index (χ2n) is 9.69. The number of aromatic amines is 1. The molecular weight excluding hydrogens is 448 g/mol. The smallest absolute Gasteiger partial charge is 0.252 e. The van der Waals surface area contributed by atoms with Gasteiger partial charge in [0.25, 0.3) is 5.91 Å². The van der Waals surface area contributed by atoms with Crippen LogP contribution in [0, 0.1) is 11.6 Å². The predicted octanol–water partition coefficient (Wildman–Crippen LogP) is 4.56. The zero-order chi connectivity index (χ0) is 24.3. The quantitative estimate of drug-likeness (QED) is 0.408. The van der Waals surface area contributed by atoms with Gasteiger partial charge in [0.2, 0.25) is 0 Å². The third-order valence-corrected chi connectivity index (χ3v) is 7.01. The molecule has 178 valence electrons. The van der Waals surface area contributed by atoms with Gasteiger partial charge in [0, 0.05) is 60.6 Å². The predicted molar refractivity (Wildman–Crippen MR) is 132 cm³/mol. The van der Waals surface area contributed by atoms with Gasteiger partial charge < -0.3 is 20.5 Å². The molecule has 6 rings (SSSR count). The average molecular weight is 474 g/mol. The molecule has 3 N–H and O–H groups in total. The van der Waals surface area contributed by atoms with E-state index in [1.165, 1.54) is 6.07 Å². The summed E-state index contributed by atoms with van der Waals surface area (Å²) in [6, 6.07) is 10.7. The minimum absolute atomic E-state index is 0.0712. The summed E-state index contributed by atoms with van der Waals surface area (Å²) >= 11 is 0. The Balaban J connectivity index is 1.44. The number of amides is 1. The van der Waals surface area contributed by atoms with Crippen LogP contribution >= 0.6 is 0 Å². The molecule has 35 heavy (non-hydrogen) atoms. The second-order valence-corrected chi connectivity index (χ2v) is 9.69. The molecule has 0 spiro atoms. The number of aromatic nitrogens is 2. The lowest BCUT2D eigenvalue weighted by Gasteiger charge is -2.30. The summed E-state index contributed by atoms with van der Waals surface area (Å²) in [6.07, 6.45) is 3.56. The number of piperazine rings is 1. The van der Waals surface area contributed by atoms with E-state index in [9.17, 15) is 13.6 Å². The first-order valence-electron chi connectivity index (χ1n) is 11.7. The van der Waals surface area contributed by atoms with Gasteiger partial charge in [-0.05, 0) is 60.9 Å². The number of pyridine rings is 1. The molecule has 4 heterocycles. The number of nitrogens with zero attached hydrogens (tertiary/aromatic N) is 2. The number of hydrogen-bond acceptors (Lipinski definition) is 4. The van der Waals surface area contributed by atoms with E-state index in [1.54, 1.807) is 12.3 Å². The summed E-state index contributed by atoms with van der Waals surface area (Å²) < 4.78 is 29.3. The summed E-state index contributed by atoms with van der Waals surface area (Å²) in [5.41, 5.74) is 5.29. The maximum Gasteiger partial charge on any atom is 0.252 e. The van der Waals surface area contributed by atoms with E-state index in [0.717, 1.165) is 35.2 Å². The van der Waals surface area contributed by atoms with Crippen molar-refractivity contribution < 1.29 is 13.6 Å². The fourth-order valence-electron chi connectivity index (χ4n) is 5.12. The Kier molecular flexibility index (Phi) is 4.89. The first-order chi connectivity index (χ1) is 16.8. The minimum atomic E-state index is -0.872. The van der Waals surface area contributed by atoms with E-state index in [1.807, 2.05) is 49.2 Å². The zero-order valence-electron chi connectivity index (χ0n) is 19.5. The molecule has 0 radical (unpaired) electrons. The molecule has 2 aliphatic heterocycles. The van der Waals surface area contributed by atoms with Crippen molar-refractivity contribution in [2.24, 2.45) is 0 Å². The van der Waals surface area contributed by atoms with E-state index in [-0.39, 0.29) is 11.6 Å². The second kappa shape index (κ2) is 7.88. The number of H-pyrrole nitrogens is 1. The molecule has 1 amide bonds. The Labute approximate surface area is 201 Å². The van der Waals surface area contributed by atoms with E-state index >= 15 is 0 Å². The van der Waals surface area contributed by atoms with E-state index in [2.05, 4.69) is 20.6 Å². The minimum Gasteiger partial charge on any atom is -0.367 e. The van der Waals surface area contributed by atoms with Crippen LogP contribution in [0.1, 0.15) is 29.8 Å². The SMILES string of the molecule is CC1(C)NC(=O)c2ccc(-c3c[nH]c4ncc(-c5cc(F)c(F)c(N6CCNCC6)c5)cc34)cc21. The van der Waals surface area contributed by atoms with Crippen molar-refractivity contribution in [1.29, 1.82) is 0 Å². The fourth-order valence-corrected chi connectivity index (χ4v) is 5.12. The molecule has 2 aromatic carbocycles. The normalized spacial score (nSPS) is 17.0. The summed E-state index contributed by atoms with van der Waals surface area (Å²) in [6.45, 7) is 6.65. The Morgan fingerprint density at radius 1 is 0.971 bits per heavy atom. The molecule has 1 fully saturated rings. The average Bonchev–Trinajstić information content (AvgIpc) is 3.38. The van der Waals surface area contributed by atoms with Crippen LogP contribution in [0.5, 0.6) is 0 Å². The van der Waals surface area contributed by atoms with Crippen molar-refractivity contribution in [3.63, 3.8) is 0 Å². The van der Waals surface area contributed by atoms with Crippen LogP contribution in [0.2, 0.25) is 0 Å². The van der Waals surface area contributed by atoms with Gasteiger partial charge >= 0.3 is 0 Å². The Morgan fingerprint density at radius 2 is 1.77 bits per heavy atom. The van der Waals surface area contributed by atoms with Crippen molar-refractivity contribution in [2.45, 2.75) is 19.4 Å². The molecule has 8 heteroatoms. The molecule has 0 saturated carbocycles. The van der Waals surface area contributed by atoms with Crippen LogP contribution in [0.25, 0.3) is 33.3 Å². The highest BCUT2D eigenvalue weighted by Crippen LogP contribution is 2.37. The van der Waals surface area contributed by atoms with Crippen LogP contribution in [-0.2, 0) is 5.54 Å².